The zero-order valence-corrected chi connectivity index (χ0v) is 14.5. The number of nitrogens with zero attached hydrogens (tertiary/aromatic N) is 2. The average Bonchev–Trinajstić information content (AvgIpc) is 2.82. The summed E-state index contributed by atoms with van der Waals surface area (Å²) >= 11 is 4.99. The van der Waals surface area contributed by atoms with Crippen LogP contribution in [-0.4, -0.2) is 38.7 Å². The first-order valence-electron chi connectivity index (χ1n) is 7.27. The van der Waals surface area contributed by atoms with E-state index in [-0.39, 0.29) is 10.3 Å². The molecule has 3 aromatic rings. The molecule has 0 aliphatic heterocycles. The Balaban J connectivity index is 2.19. The zero-order valence-electron chi connectivity index (χ0n) is 13.7. The number of fused-ring (bicyclic) bond motifs is 3. The van der Waals surface area contributed by atoms with Crippen LogP contribution in [-0.2, 0) is 4.74 Å². The van der Waals surface area contributed by atoms with Gasteiger partial charge >= 0.3 is 6.09 Å². The van der Waals surface area contributed by atoms with Gasteiger partial charge in [-0.3, -0.25) is 14.7 Å². The molecule has 9 heteroatoms. The molecule has 0 saturated heterocycles. The molecule has 0 aromatic carbocycles. The minimum Gasteiger partial charge on any atom is -0.443 e. The van der Waals surface area contributed by atoms with E-state index in [1.54, 1.807) is 33.9 Å². The topological polar surface area (TPSA) is 107 Å². The predicted molar refractivity (Wildman–Crippen MR) is 94.0 cm³/mol. The highest BCUT2D eigenvalue weighted by Gasteiger charge is 2.24. The Morgan fingerprint density at radius 1 is 1.29 bits per heavy atom. The van der Waals surface area contributed by atoms with Gasteiger partial charge < -0.3 is 14.7 Å². The Kier molecular flexibility index (Phi) is 3.67. The Bertz CT molecular complexity index is 1060. The van der Waals surface area contributed by atoms with Crippen molar-refractivity contribution in [1.29, 1.82) is 0 Å². The number of anilines is 1. The van der Waals surface area contributed by atoms with Gasteiger partial charge in [-0.1, -0.05) is 0 Å². The number of aromatic nitrogens is 4. The number of carbonyl (C=O) groups is 1. The smallest absolute Gasteiger partial charge is 0.415 e. The molecule has 0 radical (unpaired) electrons. The minimum absolute atomic E-state index is 0.217. The highest BCUT2D eigenvalue weighted by atomic mass is 32.1. The van der Waals surface area contributed by atoms with Crippen LogP contribution in [0.15, 0.2) is 17.1 Å². The SMILES string of the molecule is CN(C(=O)OC(C)(C)C)c1nccc2c1[nH]c1[nH]c(=S)[nH]c(=O)c12. The summed E-state index contributed by atoms with van der Waals surface area (Å²) in [4.78, 5) is 38.5. The van der Waals surface area contributed by atoms with Crippen molar-refractivity contribution in [2.45, 2.75) is 26.4 Å². The van der Waals surface area contributed by atoms with E-state index in [2.05, 4.69) is 19.9 Å². The summed E-state index contributed by atoms with van der Waals surface area (Å²) in [6.07, 6.45) is 0.996. The zero-order chi connectivity index (χ0) is 17.6. The van der Waals surface area contributed by atoms with Gasteiger partial charge in [0.25, 0.3) is 5.56 Å². The van der Waals surface area contributed by atoms with Crippen molar-refractivity contribution in [3.8, 4) is 0 Å². The number of hydrogen-bond donors (Lipinski definition) is 3. The van der Waals surface area contributed by atoms with Crippen molar-refractivity contribution in [2.24, 2.45) is 0 Å². The van der Waals surface area contributed by atoms with Gasteiger partial charge in [-0.05, 0) is 39.1 Å². The fourth-order valence-corrected chi connectivity index (χ4v) is 2.61. The maximum Gasteiger partial charge on any atom is 0.415 e. The molecule has 3 heterocycles. The van der Waals surface area contributed by atoms with Crippen molar-refractivity contribution >= 4 is 46.1 Å². The van der Waals surface area contributed by atoms with Gasteiger partial charge in [-0.2, -0.15) is 0 Å². The van der Waals surface area contributed by atoms with Gasteiger partial charge in [0.1, 0.15) is 11.2 Å². The molecule has 0 saturated carbocycles. The van der Waals surface area contributed by atoms with E-state index in [0.717, 1.165) is 0 Å². The highest BCUT2D eigenvalue weighted by molar-refractivity contribution is 7.71. The Hall–Kier alpha value is -2.68. The third-order valence-corrected chi connectivity index (χ3v) is 3.58. The minimum atomic E-state index is -0.623. The summed E-state index contributed by atoms with van der Waals surface area (Å²) in [6, 6.07) is 1.70. The van der Waals surface area contributed by atoms with Gasteiger partial charge in [-0.25, -0.2) is 9.78 Å². The largest absolute Gasteiger partial charge is 0.443 e. The highest BCUT2D eigenvalue weighted by Crippen LogP contribution is 2.28. The van der Waals surface area contributed by atoms with Crippen LogP contribution in [0.3, 0.4) is 0 Å². The number of ether oxygens (including phenoxy) is 1. The lowest BCUT2D eigenvalue weighted by atomic mass is 10.2. The third-order valence-electron chi connectivity index (χ3n) is 3.38. The van der Waals surface area contributed by atoms with Crippen molar-refractivity contribution in [3.05, 3.63) is 27.4 Å². The molecule has 0 spiro atoms. The van der Waals surface area contributed by atoms with Gasteiger partial charge in [0, 0.05) is 18.6 Å². The van der Waals surface area contributed by atoms with Crippen LogP contribution < -0.4 is 10.5 Å². The molecule has 3 rings (SSSR count). The predicted octanol–water partition coefficient (Wildman–Crippen LogP) is 2.83. The van der Waals surface area contributed by atoms with Crippen molar-refractivity contribution < 1.29 is 9.53 Å². The van der Waals surface area contributed by atoms with Crippen LogP contribution in [0.5, 0.6) is 0 Å². The lowest BCUT2D eigenvalue weighted by Gasteiger charge is -2.24. The number of rotatable bonds is 1. The molecule has 3 N–H and O–H groups in total. The molecule has 3 aromatic heterocycles. The van der Waals surface area contributed by atoms with E-state index in [4.69, 9.17) is 17.0 Å². The second-order valence-corrected chi connectivity index (χ2v) is 6.79. The normalized spacial score (nSPS) is 11.8. The fourth-order valence-electron chi connectivity index (χ4n) is 2.42. The fraction of sp³-hybridized carbons (Fsp3) is 0.333. The molecule has 0 aliphatic carbocycles. The number of amides is 1. The number of hydrogen-bond acceptors (Lipinski definition) is 5. The van der Waals surface area contributed by atoms with Crippen LogP contribution >= 0.6 is 12.2 Å². The Morgan fingerprint density at radius 3 is 2.67 bits per heavy atom. The quantitative estimate of drug-likeness (QED) is 0.587. The van der Waals surface area contributed by atoms with E-state index < -0.39 is 11.7 Å². The first-order valence-corrected chi connectivity index (χ1v) is 7.68. The van der Waals surface area contributed by atoms with E-state index in [0.29, 0.717) is 27.8 Å². The Morgan fingerprint density at radius 2 is 2.00 bits per heavy atom. The van der Waals surface area contributed by atoms with Crippen LogP contribution in [0.2, 0.25) is 0 Å². The first kappa shape index (κ1) is 16.2. The van der Waals surface area contributed by atoms with Crippen LogP contribution in [0.25, 0.3) is 21.9 Å². The van der Waals surface area contributed by atoms with Crippen molar-refractivity contribution in [1.82, 2.24) is 19.9 Å². The maximum absolute atomic E-state index is 12.3. The standard InChI is InChI=1S/C15H17N5O3S/c1-15(2,3)23-14(22)20(4)11-9-7(5-6-16-11)8-10(17-9)18-13(24)19-12(8)21/h5-6H,1-4H3,(H3,17,18,19,21,24). The Labute approximate surface area is 141 Å². The molecular formula is C15H17N5O3S. The van der Waals surface area contributed by atoms with Gasteiger partial charge in [0.2, 0.25) is 0 Å². The average molecular weight is 347 g/mol. The summed E-state index contributed by atoms with van der Waals surface area (Å²) in [6.45, 7) is 5.36. The van der Waals surface area contributed by atoms with E-state index in [9.17, 15) is 9.59 Å². The summed E-state index contributed by atoms with van der Waals surface area (Å²) in [5, 5.41) is 1.07. The summed E-state index contributed by atoms with van der Waals surface area (Å²) < 4.78 is 5.58. The molecule has 0 fully saturated rings. The van der Waals surface area contributed by atoms with E-state index in [1.807, 2.05) is 0 Å². The monoisotopic (exact) mass is 347 g/mol. The maximum atomic E-state index is 12.3. The third kappa shape index (κ3) is 2.78. The van der Waals surface area contributed by atoms with Crippen LogP contribution in [0.1, 0.15) is 20.8 Å². The first-order chi connectivity index (χ1) is 11.2. The molecule has 8 nitrogen and oxygen atoms in total. The van der Waals surface area contributed by atoms with Gasteiger partial charge in [0.05, 0.1) is 10.9 Å². The van der Waals surface area contributed by atoms with Crippen LogP contribution in [0, 0.1) is 4.77 Å². The van der Waals surface area contributed by atoms with Gasteiger partial charge in [0.15, 0.2) is 10.6 Å². The number of H-pyrrole nitrogens is 3. The van der Waals surface area contributed by atoms with Crippen molar-refractivity contribution in [2.75, 3.05) is 11.9 Å². The lowest BCUT2D eigenvalue weighted by Crippen LogP contribution is -2.34. The second-order valence-electron chi connectivity index (χ2n) is 6.38. The van der Waals surface area contributed by atoms with E-state index >= 15 is 0 Å². The molecule has 0 atom stereocenters. The second kappa shape index (κ2) is 5.45. The molecule has 126 valence electrons. The van der Waals surface area contributed by atoms with Crippen molar-refractivity contribution in [3.63, 3.8) is 0 Å². The molecule has 1 amide bonds. The number of aromatic amines is 3. The van der Waals surface area contributed by atoms with E-state index in [1.165, 1.54) is 11.1 Å². The summed E-state index contributed by atoms with van der Waals surface area (Å²) in [5.74, 6) is 0.358. The molecule has 24 heavy (non-hydrogen) atoms. The molecule has 0 aliphatic rings. The number of nitrogens with one attached hydrogen (secondary N) is 3. The summed E-state index contributed by atoms with van der Waals surface area (Å²) in [5.41, 5.74) is 0.0906. The van der Waals surface area contributed by atoms with Crippen LogP contribution in [0.4, 0.5) is 10.6 Å². The number of carbonyl (C=O) groups excluding carboxylic acids is 1. The molecule has 0 bridgehead atoms. The summed E-state index contributed by atoms with van der Waals surface area (Å²) in [7, 11) is 1.56. The molecular weight excluding hydrogens is 330 g/mol. The van der Waals surface area contributed by atoms with Gasteiger partial charge in [-0.15, -0.1) is 0 Å². The molecule has 0 unspecified atom stereocenters. The lowest BCUT2D eigenvalue weighted by molar-refractivity contribution is 0.0588. The number of pyridine rings is 1.